The Morgan fingerprint density at radius 2 is 1.95 bits per heavy atom. The van der Waals surface area contributed by atoms with E-state index in [1.165, 1.54) is 11.8 Å². The third-order valence-electron chi connectivity index (χ3n) is 7.16. The van der Waals surface area contributed by atoms with Crippen LogP contribution in [-0.4, -0.2) is 40.8 Å². The molecule has 3 aliphatic rings. The van der Waals surface area contributed by atoms with Gasteiger partial charge in [0.2, 0.25) is 5.91 Å². The highest BCUT2D eigenvalue weighted by atomic mass is 32.2. The van der Waals surface area contributed by atoms with E-state index in [0.717, 1.165) is 52.7 Å². The van der Waals surface area contributed by atoms with Gasteiger partial charge in [-0.1, -0.05) is 30.0 Å². The summed E-state index contributed by atoms with van der Waals surface area (Å²) >= 11 is 1.42. The second-order valence-corrected chi connectivity index (χ2v) is 10.9. The van der Waals surface area contributed by atoms with Crippen LogP contribution >= 0.6 is 11.8 Å². The minimum Gasteiger partial charge on any atom is -0.457 e. The van der Waals surface area contributed by atoms with E-state index in [0.29, 0.717) is 11.8 Å². The number of thioether (sulfide) groups is 1. The molecule has 3 N–H and O–H groups in total. The number of carbonyl (C=O) groups is 2. The monoisotopic (exact) mass is 515 g/mol. The lowest BCUT2D eigenvalue weighted by Crippen LogP contribution is -2.53. The van der Waals surface area contributed by atoms with Gasteiger partial charge in [0.25, 0.3) is 0 Å². The number of ether oxygens (including phenoxy) is 1. The van der Waals surface area contributed by atoms with Crippen LogP contribution in [-0.2, 0) is 4.79 Å². The average molecular weight is 516 g/mol. The first kappa shape index (κ1) is 23.8. The molecular formula is C28H29N5O3S. The molecular weight excluding hydrogens is 486 g/mol. The maximum atomic E-state index is 13.5. The molecule has 3 unspecified atom stereocenters. The Bertz CT molecular complexity index is 1340. The Kier molecular flexibility index (Phi) is 6.26. The molecule has 8 nitrogen and oxygen atoms in total. The van der Waals surface area contributed by atoms with Crippen LogP contribution in [0.2, 0.25) is 0 Å². The van der Waals surface area contributed by atoms with Crippen molar-refractivity contribution in [2.24, 2.45) is 0 Å². The van der Waals surface area contributed by atoms with Gasteiger partial charge in [-0.2, -0.15) is 0 Å². The van der Waals surface area contributed by atoms with Gasteiger partial charge >= 0.3 is 6.03 Å². The SMILES string of the molecule is Cc1cc(Oc2ccccc2)ccc1N1C(=O)NC2c3c1ccnc3SC2C(=O)NC1CC[C@H](C)NC1. The molecule has 0 bridgehead atoms. The third kappa shape index (κ3) is 4.53. The predicted molar refractivity (Wildman–Crippen MR) is 144 cm³/mol. The minimum atomic E-state index is -0.461. The van der Waals surface area contributed by atoms with Gasteiger partial charge in [-0.25, -0.2) is 9.78 Å². The number of hydrogen-bond donors (Lipinski definition) is 3. The highest BCUT2D eigenvalue weighted by Gasteiger charge is 2.47. The molecule has 1 saturated heterocycles. The van der Waals surface area contributed by atoms with Crippen molar-refractivity contribution < 1.29 is 14.3 Å². The molecule has 0 radical (unpaired) electrons. The van der Waals surface area contributed by atoms with E-state index in [-0.39, 0.29) is 18.0 Å². The summed E-state index contributed by atoms with van der Waals surface area (Å²) in [6.45, 7) is 4.87. The van der Waals surface area contributed by atoms with Crippen molar-refractivity contribution in [1.82, 2.24) is 20.9 Å². The molecule has 1 aromatic heterocycles. The fourth-order valence-corrected chi connectivity index (χ4v) is 6.47. The first-order chi connectivity index (χ1) is 18.0. The van der Waals surface area contributed by atoms with Gasteiger partial charge in [-0.05, 0) is 68.7 Å². The van der Waals surface area contributed by atoms with E-state index in [2.05, 4.69) is 27.9 Å². The van der Waals surface area contributed by atoms with Crippen molar-refractivity contribution in [3.05, 3.63) is 71.9 Å². The van der Waals surface area contributed by atoms with Gasteiger partial charge in [0.1, 0.15) is 21.8 Å². The van der Waals surface area contributed by atoms with E-state index in [1.807, 2.05) is 61.5 Å². The van der Waals surface area contributed by atoms with Gasteiger partial charge in [0.05, 0.1) is 17.4 Å². The van der Waals surface area contributed by atoms with Gasteiger partial charge < -0.3 is 20.7 Å². The molecule has 1 fully saturated rings. The molecule has 0 saturated carbocycles. The largest absolute Gasteiger partial charge is 0.457 e. The van der Waals surface area contributed by atoms with Crippen molar-refractivity contribution in [2.75, 3.05) is 11.4 Å². The first-order valence-electron chi connectivity index (χ1n) is 12.6. The number of hydrogen-bond acceptors (Lipinski definition) is 6. The zero-order valence-electron chi connectivity index (χ0n) is 20.7. The standard InChI is InChI=1S/C28H29N5O3S/c1-16-14-20(36-19-6-4-3-5-7-19)10-11-21(16)33-22-12-13-29-27-23(22)24(32-28(33)35)25(37-27)26(34)31-18-9-8-17(2)30-15-18/h3-7,10-14,17-18,24-25,30H,8-9,15H2,1-2H3,(H,31,34)(H,32,35)/t17-,18?,24?,25?/m0/s1. The van der Waals surface area contributed by atoms with Crippen molar-refractivity contribution in [2.45, 2.75) is 55.1 Å². The van der Waals surface area contributed by atoms with Crippen LogP contribution in [0.5, 0.6) is 11.5 Å². The minimum absolute atomic E-state index is 0.0624. The molecule has 3 aliphatic heterocycles. The van der Waals surface area contributed by atoms with Gasteiger partial charge in [-0.15, -0.1) is 0 Å². The number of aryl methyl sites for hydroxylation is 1. The van der Waals surface area contributed by atoms with Crippen LogP contribution in [0.4, 0.5) is 16.2 Å². The number of carbonyl (C=O) groups excluding carboxylic acids is 2. The van der Waals surface area contributed by atoms with Crippen LogP contribution < -0.4 is 25.6 Å². The number of piperidine rings is 1. The summed E-state index contributed by atoms with van der Waals surface area (Å²) in [6, 6.07) is 17.0. The van der Waals surface area contributed by atoms with Gasteiger partial charge in [-0.3, -0.25) is 9.69 Å². The molecule has 4 atom stereocenters. The number of nitrogens with one attached hydrogen (secondary N) is 3. The molecule has 0 aliphatic carbocycles. The number of para-hydroxylation sites is 1. The number of aromatic nitrogens is 1. The number of nitrogens with zero attached hydrogens (tertiary/aromatic N) is 2. The van der Waals surface area contributed by atoms with E-state index >= 15 is 0 Å². The lowest BCUT2D eigenvalue weighted by Gasteiger charge is -2.35. The molecule has 0 spiro atoms. The number of rotatable bonds is 5. The zero-order chi connectivity index (χ0) is 25.5. The maximum Gasteiger partial charge on any atom is 0.327 e. The average Bonchev–Trinajstić information content (AvgIpc) is 3.27. The van der Waals surface area contributed by atoms with Crippen LogP contribution in [0.1, 0.15) is 36.9 Å². The quantitative estimate of drug-likeness (QED) is 0.451. The highest BCUT2D eigenvalue weighted by Crippen LogP contribution is 2.51. The molecule has 3 amide bonds. The lowest BCUT2D eigenvalue weighted by molar-refractivity contribution is -0.121. The van der Waals surface area contributed by atoms with Crippen LogP contribution in [0.3, 0.4) is 0 Å². The molecule has 6 rings (SSSR count). The third-order valence-corrected chi connectivity index (χ3v) is 8.45. The second kappa shape index (κ2) is 9.72. The number of pyridine rings is 1. The van der Waals surface area contributed by atoms with Gasteiger partial charge in [0, 0.05) is 30.4 Å². The topological polar surface area (TPSA) is 95.6 Å². The summed E-state index contributed by atoms with van der Waals surface area (Å²) < 4.78 is 5.97. The van der Waals surface area contributed by atoms with Crippen molar-refractivity contribution >= 4 is 35.1 Å². The predicted octanol–water partition coefficient (Wildman–Crippen LogP) is 4.82. The molecule has 3 aromatic rings. The maximum absolute atomic E-state index is 13.5. The summed E-state index contributed by atoms with van der Waals surface area (Å²) in [5.41, 5.74) is 3.30. The van der Waals surface area contributed by atoms with E-state index in [4.69, 9.17) is 4.74 Å². The Morgan fingerprint density at radius 1 is 1.11 bits per heavy atom. The Labute approximate surface area is 220 Å². The van der Waals surface area contributed by atoms with Crippen LogP contribution in [0.25, 0.3) is 0 Å². The van der Waals surface area contributed by atoms with Crippen molar-refractivity contribution in [3.8, 4) is 11.5 Å². The normalized spacial score (nSPS) is 24.3. The second-order valence-electron chi connectivity index (χ2n) is 9.81. The van der Waals surface area contributed by atoms with Crippen molar-refractivity contribution in [3.63, 3.8) is 0 Å². The molecule has 190 valence electrons. The van der Waals surface area contributed by atoms with Crippen LogP contribution in [0, 0.1) is 6.92 Å². The van der Waals surface area contributed by atoms with Crippen LogP contribution in [0.15, 0.2) is 65.8 Å². The lowest BCUT2D eigenvalue weighted by atomic mass is 9.98. The Morgan fingerprint density at radius 3 is 2.70 bits per heavy atom. The molecule has 37 heavy (non-hydrogen) atoms. The van der Waals surface area contributed by atoms with Crippen molar-refractivity contribution in [1.29, 1.82) is 0 Å². The Balaban J connectivity index is 1.25. The summed E-state index contributed by atoms with van der Waals surface area (Å²) in [5.74, 6) is 1.38. The fourth-order valence-electron chi connectivity index (χ4n) is 5.24. The summed E-state index contributed by atoms with van der Waals surface area (Å²) in [7, 11) is 0. The van der Waals surface area contributed by atoms with Gasteiger partial charge in [0.15, 0.2) is 0 Å². The Hall–Kier alpha value is -3.56. The van der Waals surface area contributed by atoms with E-state index in [9.17, 15) is 9.59 Å². The zero-order valence-corrected chi connectivity index (χ0v) is 21.5. The number of benzene rings is 2. The van der Waals surface area contributed by atoms with E-state index in [1.54, 1.807) is 11.1 Å². The number of urea groups is 1. The van der Waals surface area contributed by atoms with E-state index < -0.39 is 11.3 Å². The summed E-state index contributed by atoms with van der Waals surface area (Å²) in [5, 5.41) is 10.0. The first-order valence-corrected chi connectivity index (χ1v) is 13.5. The molecule has 2 aromatic carbocycles. The number of anilines is 2. The summed E-state index contributed by atoms with van der Waals surface area (Å²) in [6.07, 6.45) is 3.68. The number of amides is 3. The smallest absolute Gasteiger partial charge is 0.327 e. The summed E-state index contributed by atoms with van der Waals surface area (Å²) in [4.78, 5) is 33.0. The highest BCUT2D eigenvalue weighted by molar-refractivity contribution is 8.01. The molecule has 9 heteroatoms. The fraction of sp³-hybridized carbons (Fsp3) is 0.321. The molecule has 4 heterocycles.